The zero-order valence-electron chi connectivity index (χ0n) is 9.47. The van der Waals surface area contributed by atoms with E-state index in [0.29, 0.717) is 0 Å². The molecule has 12 heteroatoms. The molecule has 0 fully saturated rings. The van der Waals surface area contributed by atoms with Gasteiger partial charge in [-0.3, -0.25) is 13.7 Å². The normalized spacial score (nSPS) is 16.8. The van der Waals surface area contributed by atoms with Crippen LogP contribution in [0.15, 0.2) is 0 Å². The molecule has 0 saturated carbocycles. The van der Waals surface area contributed by atoms with E-state index in [2.05, 4.69) is 13.6 Å². The van der Waals surface area contributed by atoms with Crippen molar-refractivity contribution < 1.29 is 36.1 Å². The molecular formula is C5H13O8P4+. The van der Waals surface area contributed by atoms with Gasteiger partial charge < -0.3 is 9.05 Å². The largest absolute Gasteiger partial charge is 0.511 e. The van der Waals surface area contributed by atoms with E-state index in [1.807, 2.05) is 0 Å². The summed E-state index contributed by atoms with van der Waals surface area (Å²) in [5.41, 5.74) is 0. The summed E-state index contributed by atoms with van der Waals surface area (Å²) in [6.07, 6.45) is -0.594. The van der Waals surface area contributed by atoms with Gasteiger partial charge in [0.05, 0.1) is 0 Å². The summed E-state index contributed by atoms with van der Waals surface area (Å²) in [4.78, 5) is 0. The van der Waals surface area contributed by atoms with Crippen LogP contribution in [0.3, 0.4) is 0 Å². The van der Waals surface area contributed by atoms with Gasteiger partial charge in [-0.1, -0.05) is 4.31 Å². The van der Waals surface area contributed by atoms with E-state index in [9.17, 15) is 18.3 Å². The highest BCUT2D eigenvalue weighted by Crippen LogP contribution is 2.65. The van der Waals surface area contributed by atoms with Crippen molar-refractivity contribution in [2.24, 2.45) is 0 Å². The molecule has 0 bridgehead atoms. The van der Waals surface area contributed by atoms with Crippen LogP contribution in [0.5, 0.6) is 0 Å². The van der Waals surface area contributed by atoms with Crippen molar-refractivity contribution >= 4 is 31.7 Å². The van der Waals surface area contributed by atoms with Crippen molar-refractivity contribution in [3.63, 3.8) is 0 Å². The Kier molecular flexibility index (Phi) is 8.06. The number of rotatable bonds is 9. The summed E-state index contributed by atoms with van der Waals surface area (Å²) >= 11 is 0. The van der Waals surface area contributed by atoms with Gasteiger partial charge in [0.15, 0.2) is 6.66 Å². The van der Waals surface area contributed by atoms with Crippen LogP contribution >= 0.6 is 31.7 Å². The lowest BCUT2D eigenvalue weighted by Crippen LogP contribution is -2.01. The van der Waals surface area contributed by atoms with Crippen LogP contribution in [-0.4, -0.2) is 33.1 Å². The maximum atomic E-state index is 12.1. The minimum atomic E-state index is -3.67. The van der Waals surface area contributed by atoms with E-state index in [1.165, 1.54) is 6.66 Å². The second-order valence-electron chi connectivity index (χ2n) is 2.79. The molecule has 2 atom stereocenters. The minimum Gasteiger partial charge on any atom is -0.312 e. The Morgan fingerprint density at radius 1 is 1.24 bits per heavy atom. The zero-order chi connectivity index (χ0) is 13.5. The highest BCUT2D eigenvalue weighted by atomic mass is 31.3. The van der Waals surface area contributed by atoms with Crippen molar-refractivity contribution in [2.75, 3.05) is 33.1 Å². The third-order valence-electron chi connectivity index (χ3n) is 1.52. The summed E-state index contributed by atoms with van der Waals surface area (Å²) in [6.45, 7) is 1.18. The minimum absolute atomic E-state index is 0.594. The zero-order valence-corrected chi connectivity index (χ0v) is 13.0. The summed E-state index contributed by atoms with van der Waals surface area (Å²) in [5, 5.41) is 0. The number of hydrogen-bond donors (Lipinski definition) is 0. The summed E-state index contributed by atoms with van der Waals surface area (Å²) in [6, 6.07) is 0. The Morgan fingerprint density at radius 2 is 1.76 bits per heavy atom. The molecule has 17 heavy (non-hydrogen) atoms. The van der Waals surface area contributed by atoms with Gasteiger partial charge in [0.25, 0.3) is 7.37 Å². The van der Waals surface area contributed by atoms with Crippen molar-refractivity contribution in [1.29, 1.82) is 0 Å². The average molecular weight is 325 g/mol. The van der Waals surface area contributed by atoms with E-state index in [-0.39, 0.29) is 0 Å². The maximum absolute atomic E-state index is 12.1. The van der Waals surface area contributed by atoms with Crippen molar-refractivity contribution in [2.45, 2.75) is 0 Å². The van der Waals surface area contributed by atoms with Gasteiger partial charge in [0.1, 0.15) is 12.3 Å². The monoisotopic (exact) mass is 325 g/mol. The molecule has 0 rings (SSSR count). The van der Waals surface area contributed by atoms with Gasteiger partial charge in [0, 0.05) is 14.2 Å². The summed E-state index contributed by atoms with van der Waals surface area (Å²) in [5.74, 6) is -0.600. The molecule has 2 unspecified atom stereocenters. The number of hydrogen-bond acceptors (Lipinski definition) is 8. The van der Waals surface area contributed by atoms with Gasteiger partial charge in [-0.2, -0.15) is 0 Å². The Balaban J connectivity index is 4.92. The first-order chi connectivity index (χ1) is 7.81. The smallest absolute Gasteiger partial charge is 0.312 e. The first-order valence-electron chi connectivity index (χ1n) is 4.14. The van der Waals surface area contributed by atoms with Crippen LogP contribution in [0.2, 0.25) is 0 Å². The molecule has 0 aromatic rings. The molecule has 0 heterocycles. The Bertz CT molecular complexity index is 359. The van der Waals surface area contributed by atoms with Crippen molar-refractivity contribution in [3.8, 4) is 0 Å². The van der Waals surface area contributed by atoms with Crippen molar-refractivity contribution in [1.82, 2.24) is 0 Å². The molecule has 0 saturated heterocycles. The predicted octanol–water partition coefficient (Wildman–Crippen LogP) is 3.28. The Hall–Kier alpha value is 0.500. The van der Waals surface area contributed by atoms with Gasteiger partial charge >= 0.3 is 24.3 Å². The van der Waals surface area contributed by atoms with Gasteiger partial charge in [-0.05, 0) is 4.57 Å². The molecule has 8 nitrogen and oxygen atoms in total. The molecule has 0 N–H and O–H groups in total. The molecule has 0 aliphatic rings. The molecule has 0 spiro atoms. The van der Waals surface area contributed by atoms with Crippen LogP contribution < -0.4 is 0 Å². The second-order valence-corrected chi connectivity index (χ2v) is 9.70. The molecule has 0 radical (unpaired) electrons. The molecule has 0 aliphatic heterocycles. The average Bonchev–Trinajstić information content (AvgIpc) is 2.25. The van der Waals surface area contributed by atoms with Crippen LogP contribution in [0.25, 0.3) is 0 Å². The summed E-state index contributed by atoms with van der Waals surface area (Å²) < 4.78 is 63.3. The first kappa shape index (κ1) is 17.5. The van der Waals surface area contributed by atoms with Crippen molar-refractivity contribution in [3.05, 3.63) is 0 Å². The van der Waals surface area contributed by atoms with E-state index in [1.54, 1.807) is 0 Å². The molecule has 0 aromatic heterocycles. The Morgan fingerprint density at radius 3 is 2.12 bits per heavy atom. The third kappa shape index (κ3) is 6.85. The lowest BCUT2D eigenvalue weighted by molar-refractivity contribution is 0.278. The van der Waals surface area contributed by atoms with Gasteiger partial charge in [-0.25, -0.2) is 4.57 Å². The first-order valence-corrected chi connectivity index (χ1v) is 10.2. The molecular weight excluding hydrogens is 312 g/mol. The summed E-state index contributed by atoms with van der Waals surface area (Å²) in [7, 11) is -7.95. The van der Waals surface area contributed by atoms with E-state index >= 15 is 0 Å². The SMILES string of the molecule is COP(=O)(CP(=O)(COP=O)O[P+](C)=O)OC. The van der Waals surface area contributed by atoms with Crippen LogP contribution in [0.1, 0.15) is 0 Å². The molecule has 100 valence electrons. The van der Waals surface area contributed by atoms with Crippen LogP contribution in [0, 0.1) is 0 Å². The fraction of sp³-hybridized carbons (Fsp3) is 1.00. The van der Waals surface area contributed by atoms with E-state index < -0.39 is 43.9 Å². The topological polar surface area (TPSA) is 105 Å². The van der Waals surface area contributed by atoms with Gasteiger partial charge in [0.2, 0.25) is 0 Å². The third-order valence-corrected chi connectivity index (χ3v) is 8.81. The highest BCUT2D eigenvalue weighted by molar-refractivity contribution is 7.76. The lowest BCUT2D eigenvalue weighted by Gasteiger charge is -2.16. The standard InChI is InChI=1S/C5H13O8P4/c1-10-17(9,11-2)5-16(8,4-12-14-6)13-15(3)7/h4-5H2,1-3H3/q+1. The van der Waals surface area contributed by atoms with E-state index in [4.69, 9.17) is 4.31 Å². The molecule has 0 amide bonds. The Labute approximate surface area is 101 Å². The highest BCUT2D eigenvalue weighted by Gasteiger charge is 2.41. The quantitative estimate of drug-likeness (QED) is 0.595. The second kappa shape index (κ2) is 7.83. The fourth-order valence-corrected chi connectivity index (χ4v) is 7.80. The molecule has 0 aliphatic carbocycles. The van der Waals surface area contributed by atoms with Crippen LogP contribution in [0.4, 0.5) is 0 Å². The predicted molar refractivity (Wildman–Crippen MR) is 62.3 cm³/mol. The van der Waals surface area contributed by atoms with E-state index in [0.717, 1.165) is 14.2 Å². The fourth-order valence-electron chi connectivity index (χ4n) is 0.865. The molecule has 0 aromatic carbocycles. The maximum Gasteiger partial charge on any atom is 0.511 e. The van der Waals surface area contributed by atoms with Crippen LogP contribution in [-0.2, 0) is 36.1 Å². The lowest BCUT2D eigenvalue weighted by atomic mass is 11.7. The van der Waals surface area contributed by atoms with Gasteiger partial charge in [-0.15, -0.1) is 0 Å².